The summed E-state index contributed by atoms with van der Waals surface area (Å²) in [5.74, 6) is 1.63. The lowest BCUT2D eigenvalue weighted by atomic mass is 10.1. The van der Waals surface area contributed by atoms with Gasteiger partial charge in [-0.3, -0.25) is 0 Å². The van der Waals surface area contributed by atoms with E-state index < -0.39 is 0 Å². The fourth-order valence-electron chi connectivity index (χ4n) is 1.38. The van der Waals surface area contributed by atoms with E-state index in [0.29, 0.717) is 5.82 Å². The van der Waals surface area contributed by atoms with Crippen molar-refractivity contribution < 1.29 is 0 Å². The third-order valence-corrected chi connectivity index (χ3v) is 2.81. The smallest absolute Gasteiger partial charge is 0.128 e. The van der Waals surface area contributed by atoms with Gasteiger partial charge in [-0.2, -0.15) is 11.8 Å². The van der Waals surface area contributed by atoms with Crippen LogP contribution in [-0.4, -0.2) is 24.0 Å². The molecule has 1 heterocycles. The molecule has 1 aromatic heterocycles. The van der Waals surface area contributed by atoms with Crippen LogP contribution in [-0.2, 0) is 0 Å². The average molecular weight is 211 g/mol. The van der Waals surface area contributed by atoms with E-state index >= 15 is 0 Å². The van der Waals surface area contributed by atoms with Crippen LogP contribution in [0.5, 0.6) is 0 Å². The normalized spacial score (nSPS) is 12.8. The molecular formula is C10H17N3S. The van der Waals surface area contributed by atoms with E-state index in [0.717, 1.165) is 16.9 Å². The largest absolute Gasteiger partial charge is 0.383 e. The molecule has 0 amide bonds. The number of nitrogens with two attached hydrogens (primary N) is 1. The molecule has 0 saturated carbocycles. The maximum absolute atomic E-state index is 5.84. The second kappa shape index (κ2) is 5.22. The van der Waals surface area contributed by atoms with Crippen LogP contribution >= 0.6 is 11.8 Å². The van der Waals surface area contributed by atoms with E-state index in [1.54, 1.807) is 18.0 Å². The number of nitrogen functional groups attached to an aromatic ring is 1. The van der Waals surface area contributed by atoms with Crippen LogP contribution in [0.3, 0.4) is 0 Å². The fourth-order valence-corrected chi connectivity index (χ4v) is 2.06. The van der Waals surface area contributed by atoms with Gasteiger partial charge in [-0.1, -0.05) is 0 Å². The van der Waals surface area contributed by atoms with Crippen LogP contribution in [0.4, 0.5) is 5.82 Å². The molecular weight excluding hydrogens is 194 g/mol. The van der Waals surface area contributed by atoms with Crippen molar-refractivity contribution in [2.75, 3.05) is 24.8 Å². The first kappa shape index (κ1) is 11.3. The van der Waals surface area contributed by atoms with Crippen molar-refractivity contribution in [1.29, 1.82) is 0 Å². The number of anilines is 1. The Kier molecular flexibility index (Phi) is 4.22. The topological polar surface area (TPSA) is 50.9 Å². The Morgan fingerprint density at radius 2 is 2.36 bits per heavy atom. The zero-order valence-corrected chi connectivity index (χ0v) is 9.69. The molecule has 1 aromatic rings. The molecule has 0 radical (unpaired) electrons. The molecule has 1 rings (SSSR count). The minimum absolute atomic E-state index is 0.289. The Balaban J connectivity index is 2.96. The Morgan fingerprint density at radius 1 is 1.64 bits per heavy atom. The lowest BCUT2D eigenvalue weighted by Gasteiger charge is -2.17. The Morgan fingerprint density at radius 3 is 2.93 bits per heavy atom. The molecule has 0 bridgehead atoms. The summed E-state index contributed by atoms with van der Waals surface area (Å²) in [5.41, 5.74) is 8.08. The van der Waals surface area contributed by atoms with E-state index in [1.807, 2.05) is 14.0 Å². The van der Waals surface area contributed by atoms with Gasteiger partial charge in [0.15, 0.2) is 0 Å². The molecule has 4 heteroatoms. The monoisotopic (exact) mass is 211 g/mol. The van der Waals surface area contributed by atoms with E-state index in [1.165, 1.54) is 0 Å². The summed E-state index contributed by atoms with van der Waals surface area (Å²) in [5, 5.41) is 3.25. The third-order valence-electron chi connectivity index (χ3n) is 2.14. The zero-order valence-electron chi connectivity index (χ0n) is 8.87. The van der Waals surface area contributed by atoms with Gasteiger partial charge >= 0.3 is 0 Å². The molecule has 1 unspecified atom stereocenters. The standard InChI is InChI=1S/C10H17N3S/c1-7-4-8(10(11)13-5-7)9(12-2)6-14-3/h4-5,9,12H,6H2,1-3H3,(H2,11,13). The maximum atomic E-state index is 5.84. The highest BCUT2D eigenvalue weighted by Gasteiger charge is 2.12. The van der Waals surface area contributed by atoms with E-state index in [2.05, 4.69) is 22.6 Å². The molecule has 14 heavy (non-hydrogen) atoms. The van der Waals surface area contributed by atoms with Crippen LogP contribution in [0.2, 0.25) is 0 Å². The Bertz CT molecular complexity index is 301. The number of nitrogens with zero attached hydrogens (tertiary/aromatic N) is 1. The summed E-state index contributed by atoms with van der Waals surface area (Å²) in [4.78, 5) is 4.16. The highest BCUT2D eigenvalue weighted by Crippen LogP contribution is 2.21. The number of nitrogens with one attached hydrogen (secondary N) is 1. The summed E-state index contributed by atoms with van der Waals surface area (Å²) in [6, 6.07) is 2.39. The summed E-state index contributed by atoms with van der Waals surface area (Å²) in [6.07, 6.45) is 3.88. The molecule has 1 atom stereocenters. The minimum atomic E-state index is 0.289. The van der Waals surface area contributed by atoms with Crippen LogP contribution < -0.4 is 11.1 Å². The maximum Gasteiger partial charge on any atom is 0.128 e. The molecule has 0 spiro atoms. The van der Waals surface area contributed by atoms with Gasteiger partial charge in [-0.05, 0) is 31.9 Å². The van der Waals surface area contributed by atoms with Gasteiger partial charge in [-0.25, -0.2) is 4.98 Å². The van der Waals surface area contributed by atoms with Crippen molar-refractivity contribution >= 4 is 17.6 Å². The number of hydrogen-bond acceptors (Lipinski definition) is 4. The highest BCUT2D eigenvalue weighted by atomic mass is 32.2. The van der Waals surface area contributed by atoms with Crippen LogP contribution in [0.25, 0.3) is 0 Å². The first-order valence-corrected chi connectivity index (χ1v) is 5.96. The van der Waals surface area contributed by atoms with Gasteiger partial charge in [-0.15, -0.1) is 0 Å². The highest BCUT2D eigenvalue weighted by molar-refractivity contribution is 7.98. The molecule has 0 saturated heterocycles. The van der Waals surface area contributed by atoms with Gasteiger partial charge in [0.1, 0.15) is 5.82 Å². The quantitative estimate of drug-likeness (QED) is 0.794. The van der Waals surface area contributed by atoms with Crippen molar-refractivity contribution in [3.8, 4) is 0 Å². The fraction of sp³-hybridized carbons (Fsp3) is 0.500. The Labute approximate surface area is 89.5 Å². The van der Waals surface area contributed by atoms with Crippen molar-refractivity contribution in [1.82, 2.24) is 10.3 Å². The van der Waals surface area contributed by atoms with Crippen molar-refractivity contribution in [2.24, 2.45) is 0 Å². The molecule has 0 aliphatic carbocycles. The van der Waals surface area contributed by atoms with Crippen LogP contribution in [0.15, 0.2) is 12.3 Å². The first-order valence-electron chi connectivity index (χ1n) is 4.57. The number of aryl methyl sites for hydroxylation is 1. The van der Waals surface area contributed by atoms with E-state index in [-0.39, 0.29) is 6.04 Å². The van der Waals surface area contributed by atoms with Crippen molar-refractivity contribution in [2.45, 2.75) is 13.0 Å². The molecule has 0 aliphatic heterocycles. The van der Waals surface area contributed by atoms with Gasteiger partial charge < -0.3 is 11.1 Å². The number of pyridine rings is 1. The number of thioether (sulfide) groups is 1. The lowest BCUT2D eigenvalue weighted by Crippen LogP contribution is -2.20. The van der Waals surface area contributed by atoms with Crippen LogP contribution in [0, 0.1) is 6.92 Å². The molecule has 0 fully saturated rings. The molecule has 0 aliphatic rings. The van der Waals surface area contributed by atoms with Gasteiger partial charge in [0.05, 0.1) is 0 Å². The van der Waals surface area contributed by atoms with Crippen molar-refractivity contribution in [3.05, 3.63) is 23.4 Å². The average Bonchev–Trinajstić information content (AvgIpc) is 2.18. The first-order chi connectivity index (χ1) is 6.69. The summed E-state index contributed by atoms with van der Waals surface area (Å²) in [6.45, 7) is 2.03. The van der Waals surface area contributed by atoms with Gasteiger partial charge in [0, 0.05) is 23.6 Å². The Hall–Kier alpha value is -0.740. The second-order valence-electron chi connectivity index (χ2n) is 3.28. The van der Waals surface area contributed by atoms with Gasteiger partial charge in [0.25, 0.3) is 0 Å². The number of rotatable bonds is 4. The number of aromatic nitrogens is 1. The molecule has 78 valence electrons. The SMILES string of the molecule is CNC(CSC)c1cc(C)cnc1N. The zero-order chi connectivity index (χ0) is 10.6. The van der Waals surface area contributed by atoms with E-state index in [9.17, 15) is 0 Å². The third kappa shape index (κ3) is 2.62. The number of hydrogen-bond donors (Lipinski definition) is 2. The lowest BCUT2D eigenvalue weighted by molar-refractivity contribution is 0.661. The van der Waals surface area contributed by atoms with Crippen LogP contribution in [0.1, 0.15) is 17.2 Å². The predicted molar refractivity (Wildman–Crippen MR) is 63.6 cm³/mol. The molecule has 3 nitrogen and oxygen atoms in total. The molecule has 3 N–H and O–H groups in total. The second-order valence-corrected chi connectivity index (χ2v) is 4.19. The predicted octanol–water partition coefficient (Wildman–Crippen LogP) is 1.60. The van der Waals surface area contributed by atoms with Gasteiger partial charge in [0.2, 0.25) is 0 Å². The summed E-state index contributed by atoms with van der Waals surface area (Å²) in [7, 11) is 1.95. The summed E-state index contributed by atoms with van der Waals surface area (Å²) >= 11 is 1.80. The van der Waals surface area contributed by atoms with E-state index in [4.69, 9.17) is 5.73 Å². The van der Waals surface area contributed by atoms with Crippen molar-refractivity contribution in [3.63, 3.8) is 0 Å². The minimum Gasteiger partial charge on any atom is -0.383 e. The molecule has 0 aromatic carbocycles. The summed E-state index contributed by atoms with van der Waals surface area (Å²) < 4.78 is 0.